The van der Waals surface area contributed by atoms with Gasteiger partial charge in [0.15, 0.2) is 0 Å². The van der Waals surface area contributed by atoms with Crippen molar-refractivity contribution < 1.29 is 14.6 Å². The van der Waals surface area contributed by atoms with E-state index in [9.17, 15) is 4.79 Å². The number of esters is 1. The number of carbonyl (C=O) groups excluding carboxylic acids is 1. The molecule has 4 heteroatoms. The topological polar surface area (TPSA) is 46.5 Å². The number of methoxy groups -OCH3 is 1. The van der Waals surface area contributed by atoms with Crippen LogP contribution in [0.5, 0.6) is 0 Å². The van der Waals surface area contributed by atoms with Crippen molar-refractivity contribution in [3.63, 3.8) is 0 Å². The van der Waals surface area contributed by atoms with Crippen LogP contribution in [0.25, 0.3) is 6.08 Å². The Labute approximate surface area is 80.3 Å². The summed E-state index contributed by atoms with van der Waals surface area (Å²) in [6, 6.07) is 1.81. The van der Waals surface area contributed by atoms with E-state index in [4.69, 9.17) is 5.11 Å². The van der Waals surface area contributed by atoms with E-state index in [2.05, 4.69) is 4.74 Å². The van der Waals surface area contributed by atoms with Crippen LogP contribution in [0.1, 0.15) is 15.2 Å². The summed E-state index contributed by atoms with van der Waals surface area (Å²) in [5, 5.41) is 10.4. The van der Waals surface area contributed by atoms with Gasteiger partial charge in [-0.15, -0.1) is 11.3 Å². The molecule has 1 N–H and O–H groups in total. The van der Waals surface area contributed by atoms with Gasteiger partial charge in [-0.1, -0.05) is 12.2 Å². The highest BCUT2D eigenvalue weighted by molar-refractivity contribution is 7.12. The van der Waals surface area contributed by atoms with Crippen molar-refractivity contribution in [1.82, 2.24) is 0 Å². The molecule has 0 aliphatic rings. The van der Waals surface area contributed by atoms with Gasteiger partial charge in [0.1, 0.15) is 4.88 Å². The van der Waals surface area contributed by atoms with E-state index >= 15 is 0 Å². The van der Waals surface area contributed by atoms with Crippen LogP contribution >= 0.6 is 11.3 Å². The molecule has 1 rings (SSSR count). The van der Waals surface area contributed by atoms with E-state index in [1.807, 2.05) is 11.4 Å². The Morgan fingerprint density at radius 3 is 3.15 bits per heavy atom. The Bertz CT molecular complexity index is 314. The van der Waals surface area contributed by atoms with Crippen molar-refractivity contribution >= 4 is 23.4 Å². The number of rotatable bonds is 3. The summed E-state index contributed by atoms with van der Waals surface area (Å²) in [5.74, 6) is -0.340. The molecule has 1 aromatic heterocycles. The predicted molar refractivity (Wildman–Crippen MR) is 51.8 cm³/mol. The lowest BCUT2D eigenvalue weighted by molar-refractivity contribution is 0.0606. The summed E-state index contributed by atoms with van der Waals surface area (Å²) in [7, 11) is 1.35. The summed E-state index contributed by atoms with van der Waals surface area (Å²) in [5.41, 5.74) is 0.783. The highest BCUT2D eigenvalue weighted by Crippen LogP contribution is 2.18. The van der Waals surface area contributed by atoms with E-state index < -0.39 is 0 Å². The second kappa shape index (κ2) is 4.79. The Morgan fingerprint density at radius 2 is 2.54 bits per heavy atom. The number of carbonyl (C=O) groups is 1. The molecule has 1 aromatic rings. The van der Waals surface area contributed by atoms with E-state index in [1.165, 1.54) is 18.4 Å². The zero-order valence-electron chi connectivity index (χ0n) is 7.19. The third kappa shape index (κ3) is 2.40. The predicted octanol–water partition coefficient (Wildman–Crippen LogP) is 1.54. The molecule has 0 spiro atoms. The highest BCUT2D eigenvalue weighted by Gasteiger charge is 2.10. The van der Waals surface area contributed by atoms with E-state index in [0.29, 0.717) is 4.88 Å². The molecule has 0 aliphatic carbocycles. The number of ether oxygens (including phenoxy) is 1. The van der Waals surface area contributed by atoms with Crippen LogP contribution in [0.4, 0.5) is 0 Å². The van der Waals surface area contributed by atoms with Crippen LogP contribution < -0.4 is 0 Å². The summed E-state index contributed by atoms with van der Waals surface area (Å²) >= 11 is 1.33. The fourth-order valence-corrected chi connectivity index (χ4v) is 1.69. The molecule has 0 radical (unpaired) electrons. The number of hydrogen-bond donors (Lipinski definition) is 1. The zero-order valence-corrected chi connectivity index (χ0v) is 8.00. The second-order valence-corrected chi connectivity index (χ2v) is 3.20. The maximum absolute atomic E-state index is 11.2. The molecule has 0 saturated carbocycles. The first kappa shape index (κ1) is 9.95. The lowest BCUT2D eigenvalue weighted by Crippen LogP contribution is -1.99. The number of aliphatic hydroxyl groups excluding tert-OH is 1. The summed E-state index contributed by atoms with van der Waals surface area (Å²) < 4.78 is 4.59. The smallest absolute Gasteiger partial charge is 0.348 e. The fourth-order valence-electron chi connectivity index (χ4n) is 0.889. The van der Waals surface area contributed by atoms with Gasteiger partial charge >= 0.3 is 5.97 Å². The van der Waals surface area contributed by atoms with Crippen LogP contribution in [-0.2, 0) is 4.74 Å². The SMILES string of the molecule is COC(=O)c1sccc1C=CCO. The minimum Gasteiger partial charge on any atom is -0.465 e. The number of aliphatic hydroxyl groups is 1. The number of hydrogen-bond acceptors (Lipinski definition) is 4. The Hall–Kier alpha value is -1.13. The first-order valence-electron chi connectivity index (χ1n) is 3.72. The molecule has 0 saturated heterocycles. The molecule has 13 heavy (non-hydrogen) atoms. The van der Waals surface area contributed by atoms with Gasteiger partial charge in [0.2, 0.25) is 0 Å². The van der Waals surface area contributed by atoms with Crippen LogP contribution in [-0.4, -0.2) is 24.8 Å². The van der Waals surface area contributed by atoms with Crippen molar-refractivity contribution in [1.29, 1.82) is 0 Å². The third-order valence-corrected chi connectivity index (χ3v) is 2.38. The van der Waals surface area contributed by atoms with Crippen LogP contribution in [0.15, 0.2) is 17.5 Å². The van der Waals surface area contributed by atoms with Crippen molar-refractivity contribution in [2.45, 2.75) is 0 Å². The molecule has 70 valence electrons. The molecule has 0 atom stereocenters. The lowest BCUT2D eigenvalue weighted by Gasteiger charge is -1.95. The Balaban J connectivity index is 2.89. The van der Waals surface area contributed by atoms with E-state index in [0.717, 1.165) is 5.56 Å². The summed E-state index contributed by atoms with van der Waals surface area (Å²) in [6.45, 7) is -0.0313. The minimum absolute atomic E-state index is 0.0313. The quantitative estimate of drug-likeness (QED) is 0.749. The van der Waals surface area contributed by atoms with Gasteiger partial charge in [0.25, 0.3) is 0 Å². The lowest BCUT2D eigenvalue weighted by atomic mass is 10.2. The molecule has 1 heterocycles. The largest absolute Gasteiger partial charge is 0.465 e. The molecule has 0 bridgehead atoms. The highest BCUT2D eigenvalue weighted by atomic mass is 32.1. The average Bonchev–Trinajstić information content (AvgIpc) is 2.61. The standard InChI is InChI=1S/C9H10O3S/c1-12-9(11)8-7(3-2-5-10)4-6-13-8/h2-4,6,10H,5H2,1H3. The van der Waals surface area contributed by atoms with Gasteiger partial charge in [-0.05, 0) is 17.0 Å². The third-order valence-electron chi connectivity index (χ3n) is 1.47. The van der Waals surface area contributed by atoms with E-state index in [1.54, 1.807) is 12.2 Å². The molecule has 0 fully saturated rings. The van der Waals surface area contributed by atoms with Crippen molar-refractivity contribution in [2.75, 3.05) is 13.7 Å². The van der Waals surface area contributed by atoms with Gasteiger partial charge < -0.3 is 9.84 Å². The second-order valence-electron chi connectivity index (χ2n) is 2.28. The van der Waals surface area contributed by atoms with Crippen molar-refractivity contribution in [2.24, 2.45) is 0 Å². The summed E-state index contributed by atoms with van der Waals surface area (Å²) in [6.07, 6.45) is 3.28. The minimum atomic E-state index is -0.340. The van der Waals surface area contributed by atoms with Crippen molar-refractivity contribution in [3.8, 4) is 0 Å². The molecular weight excluding hydrogens is 188 g/mol. The Kier molecular flexibility index (Phi) is 3.67. The first-order valence-corrected chi connectivity index (χ1v) is 4.60. The van der Waals surface area contributed by atoms with Gasteiger partial charge in [-0.2, -0.15) is 0 Å². The Morgan fingerprint density at radius 1 is 1.77 bits per heavy atom. The first-order chi connectivity index (χ1) is 6.29. The van der Waals surface area contributed by atoms with Crippen LogP contribution in [0.3, 0.4) is 0 Å². The van der Waals surface area contributed by atoms with Crippen LogP contribution in [0, 0.1) is 0 Å². The molecule has 0 aliphatic heterocycles. The van der Waals surface area contributed by atoms with E-state index in [-0.39, 0.29) is 12.6 Å². The maximum atomic E-state index is 11.2. The van der Waals surface area contributed by atoms with Gasteiger partial charge in [-0.25, -0.2) is 4.79 Å². The van der Waals surface area contributed by atoms with Crippen molar-refractivity contribution in [3.05, 3.63) is 28.0 Å². The molecule has 0 aromatic carbocycles. The molecular formula is C9H10O3S. The fraction of sp³-hybridized carbons (Fsp3) is 0.222. The number of thiophene rings is 1. The molecule has 0 unspecified atom stereocenters. The normalized spacial score (nSPS) is 10.6. The maximum Gasteiger partial charge on any atom is 0.348 e. The molecule has 3 nitrogen and oxygen atoms in total. The van der Waals surface area contributed by atoms with Crippen LogP contribution in [0.2, 0.25) is 0 Å². The summed E-state index contributed by atoms with van der Waals surface area (Å²) in [4.78, 5) is 11.7. The average molecular weight is 198 g/mol. The van der Waals surface area contributed by atoms with Gasteiger partial charge in [0, 0.05) is 0 Å². The monoisotopic (exact) mass is 198 g/mol. The zero-order chi connectivity index (χ0) is 9.68. The van der Waals surface area contributed by atoms with Gasteiger partial charge in [0.05, 0.1) is 13.7 Å². The molecule has 0 amide bonds. The van der Waals surface area contributed by atoms with Gasteiger partial charge in [-0.3, -0.25) is 0 Å².